The number of hydrogen-bond donors (Lipinski definition) is 1. The van der Waals surface area contributed by atoms with E-state index < -0.39 is 22.0 Å². The molecular weight excluding hydrogens is 364 g/mol. The molecule has 2 heterocycles. The van der Waals surface area contributed by atoms with Gasteiger partial charge in [-0.25, -0.2) is 13.2 Å². The fourth-order valence-corrected chi connectivity index (χ4v) is 5.92. The number of sulfonamides is 1. The van der Waals surface area contributed by atoms with Crippen molar-refractivity contribution < 1.29 is 22.7 Å². The van der Waals surface area contributed by atoms with Crippen molar-refractivity contribution in [3.8, 4) is 0 Å². The standard InChI is InChI=1S/C16H24N2O5S2/c1-10-9-24-13(16(20)23-4)14(10)25(21,22)17-12(3)15(19)18-8-6-5-7-11(18)2/h9,11-12,17H,5-8H2,1-4H3/t11-,12+/m0/s1. The maximum atomic E-state index is 12.8. The first-order valence-corrected chi connectivity index (χ1v) is 10.5. The number of thiophene rings is 1. The van der Waals surface area contributed by atoms with Gasteiger partial charge in [-0.2, -0.15) is 4.72 Å². The molecule has 9 heteroatoms. The molecule has 1 aliphatic rings. The van der Waals surface area contributed by atoms with Crippen LogP contribution in [0.2, 0.25) is 0 Å². The van der Waals surface area contributed by atoms with E-state index in [0.717, 1.165) is 30.6 Å². The van der Waals surface area contributed by atoms with Crippen LogP contribution in [0.5, 0.6) is 0 Å². The third kappa shape index (κ3) is 4.21. The summed E-state index contributed by atoms with van der Waals surface area (Å²) in [6, 6.07) is -0.808. The highest BCUT2D eigenvalue weighted by atomic mass is 32.2. The Labute approximate surface area is 152 Å². The molecule has 1 amide bonds. The molecule has 140 valence electrons. The van der Waals surface area contributed by atoms with E-state index in [1.165, 1.54) is 14.0 Å². The average molecular weight is 389 g/mol. The summed E-state index contributed by atoms with van der Waals surface area (Å²) >= 11 is 1.01. The molecule has 1 aliphatic heterocycles. The number of aryl methyl sites for hydroxylation is 1. The summed E-state index contributed by atoms with van der Waals surface area (Å²) in [5.74, 6) is -0.953. The van der Waals surface area contributed by atoms with Crippen molar-refractivity contribution in [3.05, 3.63) is 15.8 Å². The van der Waals surface area contributed by atoms with Gasteiger partial charge in [0.05, 0.1) is 13.2 Å². The molecule has 0 aromatic carbocycles. The topological polar surface area (TPSA) is 92.8 Å². The lowest BCUT2D eigenvalue weighted by atomic mass is 10.0. The van der Waals surface area contributed by atoms with E-state index in [0.29, 0.717) is 12.1 Å². The van der Waals surface area contributed by atoms with E-state index in [1.54, 1.807) is 17.2 Å². The highest BCUT2D eigenvalue weighted by molar-refractivity contribution is 7.89. The Bertz CT molecular complexity index is 757. The number of ether oxygens (including phenoxy) is 1. The first-order chi connectivity index (χ1) is 11.7. The number of hydrogen-bond acceptors (Lipinski definition) is 6. The van der Waals surface area contributed by atoms with Gasteiger partial charge in [0.25, 0.3) is 0 Å². The Morgan fingerprint density at radius 2 is 2.08 bits per heavy atom. The predicted molar refractivity (Wildman–Crippen MR) is 95.2 cm³/mol. The van der Waals surface area contributed by atoms with Gasteiger partial charge in [-0.15, -0.1) is 11.3 Å². The number of esters is 1. The highest BCUT2D eigenvalue weighted by Crippen LogP contribution is 2.28. The largest absolute Gasteiger partial charge is 0.465 e. The maximum absolute atomic E-state index is 12.8. The molecule has 1 fully saturated rings. The molecule has 2 rings (SSSR count). The van der Waals surface area contributed by atoms with Crippen LogP contribution in [0.15, 0.2) is 10.3 Å². The zero-order chi connectivity index (χ0) is 18.8. The molecule has 1 aromatic rings. The molecule has 0 bridgehead atoms. The van der Waals surface area contributed by atoms with E-state index >= 15 is 0 Å². The van der Waals surface area contributed by atoms with E-state index in [2.05, 4.69) is 9.46 Å². The summed E-state index contributed by atoms with van der Waals surface area (Å²) in [6.45, 7) is 5.74. The number of nitrogens with one attached hydrogen (secondary N) is 1. The minimum atomic E-state index is -4.02. The summed E-state index contributed by atoms with van der Waals surface area (Å²) < 4.78 is 32.6. The molecule has 2 atom stereocenters. The fourth-order valence-electron chi connectivity index (χ4n) is 3.02. The molecule has 0 unspecified atom stereocenters. The molecule has 0 radical (unpaired) electrons. The monoisotopic (exact) mass is 388 g/mol. The number of carbonyl (C=O) groups is 2. The number of methoxy groups -OCH3 is 1. The Kier molecular flexibility index (Phi) is 6.23. The third-order valence-electron chi connectivity index (χ3n) is 4.35. The van der Waals surface area contributed by atoms with Crippen LogP contribution in [0.25, 0.3) is 0 Å². The van der Waals surface area contributed by atoms with Gasteiger partial charge in [-0.3, -0.25) is 4.79 Å². The van der Waals surface area contributed by atoms with Gasteiger partial charge in [0.1, 0.15) is 9.77 Å². The van der Waals surface area contributed by atoms with Crippen LogP contribution < -0.4 is 4.72 Å². The molecule has 7 nitrogen and oxygen atoms in total. The van der Waals surface area contributed by atoms with Gasteiger partial charge in [0.15, 0.2) is 0 Å². The Hall–Kier alpha value is -1.45. The van der Waals surface area contributed by atoms with Crippen LogP contribution >= 0.6 is 11.3 Å². The number of rotatable bonds is 5. The van der Waals surface area contributed by atoms with Crippen molar-refractivity contribution >= 4 is 33.2 Å². The quantitative estimate of drug-likeness (QED) is 0.778. The second kappa shape index (κ2) is 7.84. The zero-order valence-electron chi connectivity index (χ0n) is 14.9. The number of likely N-dealkylation sites (tertiary alicyclic amines) is 1. The van der Waals surface area contributed by atoms with Gasteiger partial charge >= 0.3 is 5.97 Å². The Morgan fingerprint density at radius 1 is 1.40 bits per heavy atom. The van der Waals surface area contributed by atoms with Crippen molar-refractivity contribution in [2.24, 2.45) is 0 Å². The smallest absolute Gasteiger partial charge is 0.349 e. The Balaban J connectivity index is 2.22. The lowest BCUT2D eigenvalue weighted by Crippen LogP contribution is -2.51. The maximum Gasteiger partial charge on any atom is 0.349 e. The van der Waals surface area contributed by atoms with Gasteiger partial charge in [0.2, 0.25) is 15.9 Å². The van der Waals surface area contributed by atoms with Crippen LogP contribution in [-0.4, -0.2) is 50.9 Å². The molecule has 0 aliphatic carbocycles. The van der Waals surface area contributed by atoms with Crippen LogP contribution in [-0.2, 0) is 19.6 Å². The van der Waals surface area contributed by atoms with Gasteiger partial charge in [0, 0.05) is 12.6 Å². The van der Waals surface area contributed by atoms with Crippen molar-refractivity contribution in [2.75, 3.05) is 13.7 Å². The summed E-state index contributed by atoms with van der Waals surface area (Å²) in [4.78, 5) is 26.1. The van der Waals surface area contributed by atoms with E-state index in [9.17, 15) is 18.0 Å². The van der Waals surface area contributed by atoms with Crippen LogP contribution in [0.1, 0.15) is 48.3 Å². The molecule has 1 saturated heterocycles. The summed E-state index contributed by atoms with van der Waals surface area (Å²) in [6.07, 6.45) is 2.91. The lowest BCUT2D eigenvalue weighted by molar-refractivity contribution is -0.135. The minimum absolute atomic E-state index is 0.0125. The van der Waals surface area contributed by atoms with Crippen molar-refractivity contribution in [2.45, 2.75) is 57.0 Å². The molecule has 25 heavy (non-hydrogen) atoms. The van der Waals surface area contributed by atoms with Crippen LogP contribution in [0, 0.1) is 6.92 Å². The summed E-state index contributed by atoms with van der Waals surface area (Å²) in [5, 5.41) is 1.58. The fraction of sp³-hybridized carbons (Fsp3) is 0.625. The second-order valence-electron chi connectivity index (χ2n) is 6.29. The number of nitrogens with zero attached hydrogens (tertiary/aromatic N) is 1. The first-order valence-electron chi connectivity index (χ1n) is 8.18. The van der Waals surface area contributed by atoms with Gasteiger partial charge < -0.3 is 9.64 Å². The molecule has 1 aromatic heterocycles. The van der Waals surface area contributed by atoms with E-state index in [4.69, 9.17) is 0 Å². The number of carbonyl (C=O) groups excluding carboxylic acids is 2. The molecular formula is C16H24N2O5S2. The summed E-state index contributed by atoms with van der Waals surface area (Å²) in [5.41, 5.74) is 0.448. The lowest BCUT2D eigenvalue weighted by Gasteiger charge is -2.35. The minimum Gasteiger partial charge on any atom is -0.465 e. The summed E-state index contributed by atoms with van der Waals surface area (Å²) in [7, 11) is -2.82. The second-order valence-corrected chi connectivity index (χ2v) is 8.82. The van der Waals surface area contributed by atoms with Crippen LogP contribution in [0.3, 0.4) is 0 Å². The van der Waals surface area contributed by atoms with Crippen molar-refractivity contribution in [1.29, 1.82) is 0 Å². The van der Waals surface area contributed by atoms with Crippen molar-refractivity contribution in [3.63, 3.8) is 0 Å². The van der Waals surface area contributed by atoms with E-state index in [-0.39, 0.29) is 21.7 Å². The first kappa shape index (κ1) is 19.9. The molecule has 0 spiro atoms. The van der Waals surface area contributed by atoms with E-state index in [1.807, 2.05) is 6.92 Å². The highest BCUT2D eigenvalue weighted by Gasteiger charge is 2.33. The predicted octanol–water partition coefficient (Wildman–Crippen LogP) is 1.91. The Morgan fingerprint density at radius 3 is 2.68 bits per heavy atom. The molecule has 1 N–H and O–H groups in total. The number of amides is 1. The van der Waals surface area contributed by atoms with Crippen molar-refractivity contribution in [1.82, 2.24) is 9.62 Å². The zero-order valence-corrected chi connectivity index (χ0v) is 16.5. The third-order valence-corrected chi connectivity index (χ3v) is 7.28. The van der Waals surface area contributed by atoms with Crippen LogP contribution in [0.4, 0.5) is 0 Å². The SMILES string of the molecule is COC(=O)c1scc(C)c1S(=O)(=O)N[C@H](C)C(=O)N1CCCC[C@@H]1C. The van der Waals surface area contributed by atoms with Gasteiger partial charge in [-0.1, -0.05) is 0 Å². The van der Waals surface area contributed by atoms with Gasteiger partial charge in [-0.05, 0) is 51.0 Å². The number of piperidine rings is 1. The molecule has 0 saturated carbocycles. The normalized spacial score (nSPS) is 19.5. The average Bonchev–Trinajstić information content (AvgIpc) is 2.96.